The van der Waals surface area contributed by atoms with Gasteiger partial charge in [-0.05, 0) is 93.0 Å². The van der Waals surface area contributed by atoms with E-state index in [-0.39, 0.29) is 12.1 Å². The molecule has 2 amide bonds. The van der Waals surface area contributed by atoms with Gasteiger partial charge >= 0.3 is 6.03 Å². The minimum Gasteiger partial charge on any atom is -0.378 e. The fourth-order valence-electron chi connectivity index (χ4n) is 6.60. The van der Waals surface area contributed by atoms with Crippen LogP contribution in [0.15, 0.2) is 84.9 Å². The highest BCUT2D eigenvalue weighted by Gasteiger charge is 2.38. The first-order chi connectivity index (χ1) is 19.0. The van der Waals surface area contributed by atoms with Gasteiger partial charge in [0.1, 0.15) is 5.60 Å². The maximum Gasteiger partial charge on any atom is 0.315 e. The number of amides is 2. The normalized spacial score (nSPS) is 21.9. The van der Waals surface area contributed by atoms with E-state index < -0.39 is 11.6 Å². The molecule has 5 heteroatoms. The number of benzene rings is 3. The lowest BCUT2D eigenvalue weighted by atomic mass is 9.81. The molecule has 2 aliphatic rings. The number of hydrogen-bond acceptors (Lipinski definition) is 3. The van der Waals surface area contributed by atoms with Gasteiger partial charge in [-0.25, -0.2) is 4.79 Å². The second-order valence-corrected chi connectivity index (χ2v) is 11.4. The summed E-state index contributed by atoms with van der Waals surface area (Å²) in [4.78, 5) is 13.0. The topological polar surface area (TPSA) is 73.4 Å². The number of aliphatic hydroxyl groups is 1. The van der Waals surface area contributed by atoms with Gasteiger partial charge in [0.25, 0.3) is 0 Å². The maximum atomic E-state index is 13.0. The lowest BCUT2D eigenvalue weighted by Crippen LogP contribution is -2.54. The predicted octanol–water partition coefficient (Wildman–Crippen LogP) is 6.23. The molecule has 1 fully saturated rings. The van der Waals surface area contributed by atoms with Gasteiger partial charge < -0.3 is 21.1 Å². The molecule has 206 valence electrons. The molecule has 0 unspecified atom stereocenters. The molecule has 0 radical (unpaired) electrons. The van der Waals surface area contributed by atoms with Gasteiger partial charge in [-0.1, -0.05) is 84.9 Å². The monoisotopic (exact) mass is 525 g/mol. The van der Waals surface area contributed by atoms with Gasteiger partial charge in [0, 0.05) is 12.1 Å². The average molecular weight is 526 g/mol. The van der Waals surface area contributed by atoms with Gasteiger partial charge in [-0.2, -0.15) is 0 Å². The van der Waals surface area contributed by atoms with Crippen LogP contribution >= 0.6 is 0 Å². The SMILES string of the molecule is C[C@@H](NC(=O)N[C@H]1CC[C@H](CCN[C@@H]2CCCc3ccccc32)CC1)C(O)(c1ccccc1)c1ccccc1. The van der Waals surface area contributed by atoms with E-state index in [1.54, 1.807) is 0 Å². The van der Waals surface area contributed by atoms with Gasteiger partial charge in [0.15, 0.2) is 0 Å². The minimum atomic E-state index is -1.33. The number of carbonyl (C=O) groups is 1. The van der Waals surface area contributed by atoms with Crippen molar-refractivity contribution in [3.05, 3.63) is 107 Å². The Bertz CT molecular complexity index is 1150. The minimum absolute atomic E-state index is 0.174. The van der Waals surface area contributed by atoms with Crippen LogP contribution in [0, 0.1) is 5.92 Å². The fourth-order valence-corrected chi connectivity index (χ4v) is 6.60. The van der Waals surface area contributed by atoms with Crippen LogP contribution in [0.25, 0.3) is 0 Å². The molecule has 3 aromatic carbocycles. The molecule has 0 saturated heterocycles. The van der Waals surface area contributed by atoms with Crippen LogP contribution in [0.2, 0.25) is 0 Å². The predicted molar refractivity (Wildman–Crippen MR) is 157 cm³/mol. The van der Waals surface area contributed by atoms with Crippen molar-refractivity contribution < 1.29 is 9.90 Å². The van der Waals surface area contributed by atoms with Crippen molar-refractivity contribution in [1.82, 2.24) is 16.0 Å². The molecular formula is C34H43N3O2. The highest BCUT2D eigenvalue weighted by molar-refractivity contribution is 5.75. The molecule has 0 spiro atoms. The molecule has 0 aliphatic heterocycles. The number of hydrogen-bond donors (Lipinski definition) is 4. The largest absolute Gasteiger partial charge is 0.378 e. The molecule has 2 atom stereocenters. The summed E-state index contributed by atoms with van der Waals surface area (Å²) in [5.41, 5.74) is 3.18. The second-order valence-electron chi connectivity index (χ2n) is 11.4. The van der Waals surface area contributed by atoms with Crippen LogP contribution in [0.3, 0.4) is 0 Å². The Hall–Kier alpha value is -3.15. The summed E-state index contributed by atoms with van der Waals surface area (Å²) in [6, 6.07) is 28.0. The zero-order valence-electron chi connectivity index (χ0n) is 23.1. The Morgan fingerprint density at radius 2 is 1.49 bits per heavy atom. The number of urea groups is 1. The molecule has 2 aliphatic carbocycles. The Morgan fingerprint density at radius 3 is 2.15 bits per heavy atom. The summed E-state index contributed by atoms with van der Waals surface area (Å²) in [6.45, 7) is 2.92. The first kappa shape index (κ1) is 27.4. The van der Waals surface area contributed by atoms with E-state index in [1.807, 2.05) is 67.6 Å². The third kappa shape index (κ3) is 6.54. The van der Waals surface area contributed by atoms with E-state index in [1.165, 1.54) is 36.8 Å². The molecule has 0 aromatic heterocycles. The van der Waals surface area contributed by atoms with Crippen LogP contribution < -0.4 is 16.0 Å². The van der Waals surface area contributed by atoms with Crippen molar-refractivity contribution in [2.24, 2.45) is 5.92 Å². The van der Waals surface area contributed by atoms with Crippen LogP contribution in [-0.4, -0.2) is 29.8 Å². The summed E-state index contributed by atoms with van der Waals surface area (Å²) in [7, 11) is 0. The first-order valence-electron chi connectivity index (χ1n) is 14.8. The Balaban J connectivity index is 1.09. The summed E-state index contributed by atoms with van der Waals surface area (Å²) < 4.78 is 0. The van der Waals surface area contributed by atoms with E-state index >= 15 is 0 Å². The van der Waals surface area contributed by atoms with Crippen molar-refractivity contribution >= 4 is 6.03 Å². The van der Waals surface area contributed by atoms with Crippen LogP contribution in [-0.2, 0) is 12.0 Å². The zero-order chi connectivity index (χ0) is 27.1. The van der Waals surface area contributed by atoms with Crippen molar-refractivity contribution in [2.75, 3.05) is 6.54 Å². The average Bonchev–Trinajstić information content (AvgIpc) is 2.98. The number of nitrogens with one attached hydrogen (secondary N) is 3. The van der Waals surface area contributed by atoms with Crippen molar-refractivity contribution in [1.29, 1.82) is 0 Å². The molecule has 0 bridgehead atoms. The second kappa shape index (κ2) is 12.8. The summed E-state index contributed by atoms with van der Waals surface area (Å²) in [6.07, 6.45) is 9.17. The van der Waals surface area contributed by atoms with Gasteiger partial charge in [0.05, 0.1) is 6.04 Å². The summed E-state index contributed by atoms with van der Waals surface area (Å²) in [5, 5.41) is 22.0. The third-order valence-corrected chi connectivity index (χ3v) is 8.90. The lowest BCUT2D eigenvalue weighted by molar-refractivity contribution is 0.0470. The summed E-state index contributed by atoms with van der Waals surface area (Å²) >= 11 is 0. The fraction of sp³-hybridized carbons (Fsp3) is 0.441. The van der Waals surface area contributed by atoms with Gasteiger partial charge in [-0.15, -0.1) is 0 Å². The van der Waals surface area contributed by atoms with E-state index in [4.69, 9.17) is 0 Å². The van der Waals surface area contributed by atoms with Gasteiger partial charge in [-0.3, -0.25) is 0 Å². The number of rotatable bonds is 9. The van der Waals surface area contributed by atoms with Crippen LogP contribution in [0.4, 0.5) is 4.79 Å². The highest BCUT2D eigenvalue weighted by Crippen LogP contribution is 2.34. The Morgan fingerprint density at radius 1 is 0.872 bits per heavy atom. The molecule has 0 heterocycles. The molecule has 3 aromatic rings. The smallest absolute Gasteiger partial charge is 0.315 e. The van der Waals surface area contributed by atoms with Crippen molar-refractivity contribution in [3.63, 3.8) is 0 Å². The van der Waals surface area contributed by atoms with Crippen LogP contribution in [0.1, 0.15) is 80.2 Å². The lowest BCUT2D eigenvalue weighted by Gasteiger charge is -2.36. The quantitative estimate of drug-likeness (QED) is 0.268. The Labute approximate surface area is 233 Å². The summed E-state index contributed by atoms with van der Waals surface area (Å²) in [5.74, 6) is 0.706. The van der Waals surface area contributed by atoms with E-state index in [9.17, 15) is 9.90 Å². The van der Waals surface area contributed by atoms with Gasteiger partial charge in [0.2, 0.25) is 0 Å². The van der Waals surface area contributed by atoms with Crippen molar-refractivity contribution in [2.45, 2.75) is 82.0 Å². The number of fused-ring (bicyclic) bond motifs is 1. The number of carbonyl (C=O) groups excluding carboxylic acids is 1. The molecular weight excluding hydrogens is 482 g/mol. The molecule has 1 saturated carbocycles. The molecule has 4 N–H and O–H groups in total. The molecule has 39 heavy (non-hydrogen) atoms. The van der Waals surface area contributed by atoms with Crippen LogP contribution in [0.5, 0.6) is 0 Å². The zero-order valence-corrected chi connectivity index (χ0v) is 23.1. The van der Waals surface area contributed by atoms with E-state index in [0.717, 1.165) is 43.4 Å². The maximum absolute atomic E-state index is 13.0. The Kier molecular flexibility index (Phi) is 9.00. The van der Waals surface area contributed by atoms with Crippen molar-refractivity contribution in [3.8, 4) is 0 Å². The third-order valence-electron chi connectivity index (χ3n) is 8.90. The first-order valence-corrected chi connectivity index (χ1v) is 14.8. The molecule has 5 nitrogen and oxygen atoms in total. The molecule has 5 rings (SSSR count). The van der Waals surface area contributed by atoms with E-state index in [2.05, 4.69) is 40.2 Å². The van der Waals surface area contributed by atoms with E-state index in [0.29, 0.717) is 12.0 Å². The highest BCUT2D eigenvalue weighted by atomic mass is 16.3. The standard InChI is InChI=1S/C34H43N3O2/c1-25(34(39,28-13-4-2-5-14-28)29-15-6-3-7-16-29)36-33(38)37-30-21-19-26(20-22-30)23-24-35-32-18-10-12-27-11-8-9-17-31(27)32/h2-9,11,13-17,25-26,30,32,35,39H,10,12,18-24H2,1H3,(H2,36,37,38)/t25-,26-,30-,32-/m1/s1. The number of aryl methyl sites for hydroxylation is 1.